The topological polar surface area (TPSA) is 189 Å². The molecule has 12 N–H and O–H groups in total. The third-order valence-corrected chi connectivity index (χ3v) is 0. The first-order valence-electron chi connectivity index (χ1n) is 0. The second-order valence-electron chi connectivity index (χ2n) is 0. The van der Waals surface area contributed by atoms with E-state index < -0.39 is 0 Å². The van der Waals surface area contributed by atoms with E-state index in [0.29, 0.717) is 0 Å². The molecule has 0 unspecified atom stereocenters. The van der Waals surface area contributed by atoms with Gasteiger partial charge in [-0.25, -0.2) is 0 Å². The molecule has 0 amide bonds. The maximum absolute atomic E-state index is 0. The number of hydrogen-bond donors (Lipinski definition) is 0. The zero-order chi connectivity index (χ0) is 0. The molecule has 0 rings (SSSR count). The molecule has 3 radical (unpaired) electrons. The maximum Gasteiger partial charge on any atom is 2.00 e. The third-order valence-electron chi connectivity index (χ3n) is 0. The van der Waals surface area contributed by atoms with Gasteiger partial charge in [0.1, 0.15) is 0 Å². The molecule has 0 aromatic carbocycles. The largest absolute Gasteiger partial charge is 2.00 e. The molecular weight excluding hydrogens is 163 g/mol. The van der Waals surface area contributed by atoms with Crippen molar-refractivity contribution < 1.29 is 35.7 Å². The van der Waals surface area contributed by atoms with Gasteiger partial charge < -0.3 is 35.7 Å². The molecule has 6 nitrogen and oxygen atoms in total. The van der Waals surface area contributed by atoms with Gasteiger partial charge in [0.05, 0.1) is 0 Å². The Balaban J connectivity index is 0. The predicted octanol–water partition coefficient (Wildman–Crippen LogP) is -5.48. The van der Waals surface area contributed by atoms with E-state index >= 15 is 0 Å². The van der Waals surface area contributed by atoms with Gasteiger partial charge in [0, 0.05) is 17.4 Å². The van der Waals surface area contributed by atoms with Gasteiger partial charge in [-0.15, -0.1) is 0 Å². The molecule has 0 saturated carbocycles. The molecule has 0 aromatic rings. The Bertz CT molecular complexity index is 15.7. The van der Waals surface area contributed by atoms with Crippen LogP contribution in [-0.4, -0.2) is 88.0 Å². The van der Waals surface area contributed by atoms with Crippen molar-refractivity contribution in [1.82, 2.24) is 0 Å². The second-order valence-corrected chi connectivity index (χ2v) is 0. The van der Waals surface area contributed by atoms with Crippen LogP contribution in [0.15, 0.2) is 0 Å². The van der Waals surface area contributed by atoms with Crippen LogP contribution >= 0.6 is 0 Å². The van der Waals surface area contributed by atoms with E-state index in [1.807, 2.05) is 0 Å². The van der Waals surface area contributed by atoms with Crippen LogP contribution in [0.3, 0.4) is 0 Å². The monoisotopic (exact) mass is 177 g/mol. The van der Waals surface area contributed by atoms with E-state index in [2.05, 4.69) is 0 Å². The molecule has 8 heavy (non-hydrogen) atoms. The average molecular weight is 177 g/mol. The van der Waals surface area contributed by atoms with Gasteiger partial charge in [0.2, 0.25) is 0 Å². The zero-order valence-corrected chi connectivity index (χ0v) is 7.65. The van der Waals surface area contributed by atoms with Crippen molar-refractivity contribution in [2.45, 2.75) is 0 Å². The molecule has 0 atom stereocenters. The van der Waals surface area contributed by atoms with Crippen molar-refractivity contribution in [1.29, 1.82) is 0 Å². The smallest absolute Gasteiger partial charge is 1.00 e. The van der Waals surface area contributed by atoms with E-state index in [-0.39, 0.29) is 90.8 Å². The van der Waals surface area contributed by atoms with Gasteiger partial charge >= 0.3 is 37.7 Å². The standard InChI is InChI=1S/Al.Ca.6H2O.2H/h;;6*1H2;;/q;+2;;;;;;;2*-1. The van der Waals surface area contributed by atoms with Crippen LogP contribution in [-0.2, 0) is 0 Å². The molecule has 0 aliphatic rings. The average Bonchev–Trinajstić information content (AvgIpc) is 0. The maximum atomic E-state index is 0. The molecule has 0 aliphatic heterocycles. The van der Waals surface area contributed by atoms with Crippen LogP contribution in [0.2, 0.25) is 0 Å². The van der Waals surface area contributed by atoms with Crippen molar-refractivity contribution in [2.75, 3.05) is 0 Å². The molecule has 0 heterocycles. The van der Waals surface area contributed by atoms with Gasteiger partial charge in [-0.2, -0.15) is 0 Å². The molecule has 0 fully saturated rings. The van der Waals surface area contributed by atoms with E-state index in [1.165, 1.54) is 0 Å². The quantitative estimate of drug-likeness (QED) is 0.319. The minimum atomic E-state index is 0. The van der Waals surface area contributed by atoms with E-state index in [0.717, 1.165) is 0 Å². The summed E-state index contributed by atoms with van der Waals surface area (Å²) in [6.07, 6.45) is 0. The summed E-state index contributed by atoms with van der Waals surface area (Å²) in [5.41, 5.74) is 0. The molecule has 0 saturated heterocycles. The van der Waals surface area contributed by atoms with Crippen molar-refractivity contribution in [2.24, 2.45) is 0 Å². The molecule has 8 heteroatoms. The summed E-state index contributed by atoms with van der Waals surface area (Å²) in [5, 5.41) is 0. The fourth-order valence-electron chi connectivity index (χ4n) is 0. The summed E-state index contributed by atoms with van der Waals surface area (Å²) in [4.78, 5) is 0. The zero-order valence-electron chi connectivity index (χ0n) is 6.28. The Kier molecular flexibility index (Phi) is 7340. The van der Waals surface area contributed by atoms with Crippen LogP contribution in [0.5, 0.6) is 0 Å². The van der Waals surface area contributed by atoms with E-state index in [9.17, 15) is 0 Å². The number of hydrogen-bond acceptors (Lipinski definition) is 0. The first-order chi connectivity index (χ1) is 0. The van der Waals surface area contributed by atoms with Gasteiger partial charge in [-0.05, 0) is 0 Å². The summed E-state index contributed by atoms with van der Waals surface area (Å²) in [6, 6.07) is 0. The van der Waals surface area contributed by atoms with Gasteiger partial charge in [-0.1, -0.05) is 0 Å². The first kappa shape index (κ1) is 290. The fourth-order valence-corrected chi connectivity index (χ4v) is 0. The van der Waals surface area contributed by atoms with Crippen molar-refractivity contribution in [3.8, 4) is 0 Å². The van der Waals surface area contributed by atoms with E-state index in [1.54, 1.807) is 0 Å². The van der Waals surface area contributed by atoms with Crippen LogP contribution in [0.4, 0.5) is 0 Å². The molecule has 0 aliphatic carbocycles. The number of rotatable bonds is 0. The summed E-state index contributed by atoms with van der Waals surface area (Å²) in [6.45, 7) is 0. The van der Waals surface area contributed by atoms with Crippen LogP contribution < -0.4 is 0 Å². The Morgan fingerprint density at radius 3 is 0.500 bits per heavy atom. The molecule has 0 bridgehead atoms. The fraction of sp³-hybridized carbons (Fsp3) is 0. The Hall–Kier alpha value is 1.55. The summed E-state index contributed by atoms with van der Waals surface area (Å²) in [7, 11) is 0. The summed E-state index contributed by atoms with van der Waals surface area (Å²) in [5.74, 6) is 0. The van der Waals surface area contributed by atoms with Crippen molar-refractivity contribution >= 4 is 55.1 Å². The minimum Gasteiger partial charge on any atom is -1.00 e. The Morgan fingerprint density at radius 2 is 0.500 bits per heavy atom. The van der Waals surface area contributed by atoms with Gasteiger partial charge in [-0.3, -0.25) is 0 Å². The van der Waals surface area contributed by atoms with Crippen LogP contribution in [0.1, 0.15) is 2.85 Å². The Labute approximate surface area is 90.2 Å². The minimum absolute atomic E-state index is 0. The van der Waals surface area contributed by atoms with Crippen molar-refractivity contribution in [3.63, 3.8) is 0 Å². The Morgan fingerprint density at radius 1 is 0.500 bits per heavy atom. The molecule has 55 valence electrons. The summed E-state index contributed by atoms with van der Waals surface area (Å²) >= 11 is 0. The van der Waals surface area contributed by atoms with Gasteiger partial charge in [0.15, 0.2) is 0 Å². The third kappa shape index (κ3) is 135. The van der Waals surface area contributed by atoms with Crippen LogP contribution in [0, 0.1) is 0 Å². The SMILES string of the molecule is O.O.O.O.O.O.[Al].[Ca+2].[H-].[H-]. The predicted molar refractivity (Wildman–Crippen MR) is 35.4 cm³/mol. The summed E-state index contributed by atoms with van der Waals surface area (Å²) < 4.78 is 0. The van der Waals surface area contributed by atoms with Gasteiger partial charge in [0.25, 0.3) is 0 Å². The van der Waals surface area contributed by atoms with Crippen molar-refractivity contribution in [3.05, 3.63) is 0 Å². The normalized spacial score (nSPS) is 0. The van der Waals surface area contributed by atoms with E-state index in [4.69, 9.17) is 0 Å². The molecule has 0 spiro atoms. The second kappa shape index (κ2) is 202. The molecular formula is H14AlCaO6. The van der Waals surface area contributed by atoms with Crippen LogP contribution in [0.25, 0.3) is 0 Å². The molecule has 0 aromatic heterocycles. The first-order valence-corrected chi connectivity index (χ1v) is 0.